The number of carbonyl (C=O) groups is 2. The fourth-order valence-electron chi connectivity index (χ4n) is 1.40. The van der Waals surface area contributed by atoms with Gasteiger partial charge in [-0.2, -0.15) is 0 Å². The van der Waals surface area contributed by atoms with Crippen LogP contribution in [-0.2, 0) is 14.3 Å². The minimum absolute atomic E-state index is 0.347. The van der Waals surface area contributed by atoms with Gasteiger partial charge in [0, 0.05) is 17.5 Å². The van der Waals surface area contributed by atoms with E-state index in [9.17, 15) is 9.59 Å². The van der Waals surface area contributed by atoms with E-state index in [1.165, 1.54) is 13.2 Å². The second-order valence-electron chi connectivity index (χ2n) is 3.77. The molecule has 0 aliphatic rings. The van der Waals surface area contributed by atoms with E-state index in [1.807, 2.05) is 0 Å². The lowest BCUT2D eigenvalue weighted by Gasteiger charge is -2.07. The van der Waals surface area contributed by atoms with Crippen LogP contribution >= 0.6 is 0 Å². The summed E-state index contributed by atoms with van der Waals surface area (Å²) in [6.45, 7) is 3.85. The third-order valence-electron chi connectivity index (χ3n) is 2.27. The Morgan fingerprint density at radius 1 is 1.26 bits per heavy atom. The maximum atomic E-state index is 11.4. The summed E-state index contributed by atoms with van der Waals surface area (Å²) in [4.78, 5) is 22.5. The number of ether oxygens (including phenoxy) is 2. The van der Waals surface area contributed by atoms with Crippen LogP contribution in [0.25, 0.3) is 0 Å². The van der Waals surface area contributed by atoms with Crippen LogP contribution in [0.3, 0.4) is 0 Å². The fraction of sp³-hybridized carbons (Fsp3) is 0.286. The molecule has 5 nitrogen and oxygen atoms in total. The lowest BCUT2D eigenvalue weighted by Crippen LogP contribution is -2.05. The van der Waals surface area contributed by atoms with Gasteiger partial charge in [-0.1, -0.05) is 0 Å². The second-order valence-corrected chi connectivity index (χ2v) is 3.77. The van der Waals surface area contributed by atoms with Gasteiger partial charge in [-0.25, -0.2) is 9.59 Å². The molecule has 0 aromatic heterocycles. The Labute approximate surface area is 112 Å². The number of benzene rings is 1. The molecule has 0 saturated carbocycles. The second kappa shape index (κ2) is 7.20. The Balaban J connectivity index is 2.69. The number of hydrogen-bond donors (Lipinski definition) is 1. The highest BCUT2D eigenvalue weighted by Crippen LogP contribution is 2.12. The van der Waals surface area contributed by atoms with Crippen molar-refractivity contribution in [2.45, 2.75) is 13.8 Å². The third-order valence-corrected chi connectivity index (χ3v) is 2.27. The van der Waals surface area contributed by atoms with Crippen LogP contribution in [0.5, 0.6) is 0 Å². The number of nitrogens with one attached hydrogen (secondary N) is 1. The van der Waals surface area contributed by atoms with Crippen molar-refractivity contribution >= 4 is 17.6 Å². The zero-order valence-corrected chi connectivity index (χ0v) is 11.2. The molecule has 0 unspecified atom stereocenters. The lowest BCUT2D eigenvalue weighted by molar-refractivity contribution is -0.134. The van der Waals surface area contributed by atoms with Crippen molar-refractivity contribution in [1.29, 1.82) is 0 Å². The average Bonchev–Trinajstić information content (AvgIpc) is 2.39. The first-order chi connectivity index (χ1) is 9.06. The first-order valence-corrected chi connectivity index (χ1v) is 5.87. The molecule has 0 atom stereocenters. The molecule has 102 valence electrons. The molecule has 0 aliphatic carbocycles. The van der Waals surface area contributed by atoms with E-state index in [-0.39, 0.29) is 5.97 Å². The molecule has 0 aliphatic heterocycles. The van der Waals surface area contributed by atoms with Gasteiger partial charge in [0.1, 0.15) is 0 Å². The monoisotopic (exact) mass is 263 g/mol. The van der Waals surface area contributed by atoms with Crippen molar-refractivity contribution in [2.75, 3.05) is 19.0 Å². The summed E-state index contributed by atoms with van der Waals surface area (Å²) in [5.74, 6) is -0.774. The summed E-state index contributed by atoms with van der Waals surface area (Å²) in [6.07, 6.45) is 1.35. The number of allylic oxidation sites excluding steroid dienone is 1. The van der Waals surface area contributed by atoms with Gasteiger partial charge in [0.25, 0.3) is 0 Å². The van der Waals surface area contributed by atoms with Crippen molar-refractivity contribution in [1.82, 2.24) is 0 Å². The molecule has 0 spiro atoms. The summed E-state index contributed by atoms with van der Waals surface area (Å²) < 4.78 is 9.40. The van der Waals surface area contributed by atoms with Crippen LogP contribution in [0.15, 0.2) is 36.0 Å². The van der Waals surface area contributed by atoms with Crippen molar-refractivity contribution in [2.24, 2.45) is 0 Å². The first kappa shape index (κ1) is 14.8. The van der Waals surface area contributed by atoms with E-state index in [0.29, 0.717) is 17.9 Å². The van der Waals surface area contributed by atoms with Gasteiger partial charge in [-0.05, 0) is 38.1 Å². The molecule has 0 radical (unpaired) electrons. The van der Waals surface area contributed by atoms with Crippen LogP contribution in [0.2, 0.25) is 0 Å². The quantitative estimate of drug-likeness (QED) is 0.652. The van der Waals surface area contributed by atoms with E-state index in [1.54, 1.807) is 38.1 Å². The minimum atomic E-state index is -0.423. The number of hydrogen-bond acceptors (Lipinski definition) is 5. The van der Waals surface area contributed by atoms with Crippen LogP contribution in [0, 0.1) is 0 Å². The Morgan fingerprint density at radius 3 is 2.42 bits per heavy atom. The van der Waals surface area contributed by atoms with Crippen LogP contribution < -0.4 is 5.32 Å². The van der Waals surface area contributed by atoms with Gasteiger partial charge in [0.15, 0.2) is 0 Å². The SMILES string of the molecule is CCOC(=O)c1ccc(N/C(C)=C\C(=O)OC)cc1. The zero-order chi connectivity index (χ0) is 14.3. The van der Waals surface area contributed by atoms with Gasteiger partial charge in [0.2, 0.25) is 0 Å². The molecular weight excluding hydrogens is 246 g/mol. The molecule has 0 bridgehead atoms. The lowest BCUT2D eigenvalue weighted by atomic mass is 10.2. The van der Waals surface area contributed by atoms with Gasteiger partial charge < -0.3 is 14.8 Å². The molecule has 1 aromatic carbocycles. The van der Waals surface area contributed by atoms with Crippen molar-refractivity contribution in [3.05, 3.63) is 41.6 Å². The standard InChI is InChI=1S/C14H17NO4/c1-4-19-14(17)11-5-7-12(8-6-11)15-10(2)9-13(16)18-3/h5-9,15H,4H2,1-3H3/b10-9-. The smallest absolute Gasteiger partial charge is 0.338 e. The Kier molecular flexibility index (Phi) is 5.60. The van der Waals surface area contributed by atoms with E-state index in [0.717, 1.165) is 5.69 Å². The molecule has 0 amide bonds. The fourth-order valence-corrected chi connectivity index (χ4v) is 1.40. The highest BCUT2D eigenvalue weighted by molar-refractivity contribution is 5.89. The molecule has 1 aromatic rings. The number of esters is 2. The Hall–Kier alpha value is -2.30. The van der Waals surface area contributed by atoms with Crippen LogP contribution in [0.1, 0.15) is 24.2 Å². The van der Waals surface area contributed by atoms with Crippen molar-refractivity contribution < 1.29 is 19.1 Å². The topological polar surface area (TPSA) is 64.6 Å². The highest BCUT2D eigenvalue weighted by atomic mass is 16.5. The summed E-state index contributed by atoms with van der Waals surface area (Å²) in [7, 11) is 1.32. The summed E-state index contributed by atoms with van der Waals surface area (Å²) in [5.41, 5.74) is 1.91. The summed E-state index contributed by atoms with van der Waals surface area (Å²) in [6, 6.07) is 6.79. The molecule has 1 rings (SSSR count). The van der Waals surface area contributed by atoms with Crippen LogP contribution in [0.4, 0.5) is 5.69 Å². The minimum Gasteiger partial charge on any atom is -0.466 e. The van der Waals surface area contributed by atoms with Crippen LogP contribution in [-0.4, -0.2) is 25.7 Å². The van der Waals surface area contributed by atoms with E-state index >= 15 is 0 Å². The number of anilines is 1. The van der Waals surface area contributed by atoms with E-state index in [4.69, 9.17) is 4.74 Å². The Morgan fingerprint density at radius 2 is 1.89 bits per heavy atom. The van der Waals surface area contributed by atoms with Crippen molar-refractivity contribution in [3.8, 4) is 0 Å². The Bertz CT molecular complexity index is 477. The number of rotatable bonds is 5. The van der Waals surface area contributed by atoms with Crippen molar-refractivity contribution in [3.63, 3.8) is 0 Å². The van der Waals surface area contributed by atoms with Gasteiger partial charge in [0.05, 0.1) is 19.3 Å². The predicted octanol–water partition coefficient (Wildman–Crippen LogP) is 2.35. The highest BCUT2D eigenvalue weighted by Gasteiger charge is 2.05. The zero-order valence-electron chi connectivity index (χ0n) is 11.2. The van der Waals surface area contributed by atoms with E-state index < -0.39 is 5.97 Å². The number of methoxy groups -OCH3 is 1. The molecule has 19 heavy (non-hydrogen) atoms. The molecular formula is C14H17NO4. The van der Waals surface area contributed by atoms with Gasteiger partial charge >= 0.3 is 11.9 Å². The largest absolute Gasteiger partial charge is 0.466 e. The van der Waals surface area contributed by atoms with Gasteiger partial charge in [-0.3, -0.25) is 0 Å². The molecule has 0 saturated heterocycles. The normalized spacial score (nSPS) is 10.8. The molecule has 0 fully saturated rings. The van der Waals surface area contributed by atoms with E-state index in [2.05, 4.69) is 10.1 Å². The average molecular weight is 263 g/mol. The first-order valence-electron chi connectivity index (χ1n) is 5.87. The summed E-state index contributed by atoms with van der Waals surface area (Å²) in [5, 5.41) is 3.01. The molecule has 0 heterocycles. The van der Waals surface area contributed by atoms with Gasteiger partial charge in [-0.15, -0.1) is 0 Å². The maximum Gasteiger partial charge on any atom is 0.338 e. The summed E-state index contributed by atoms with van der Waals surface area (Å²) >= 11 is 0. The predicted molar refractivity (Wildman–Crippen MR) is 71.8 cm³/mol. The maximum absolute atomic E-state index is 11.4. The third kappa shape index (κ3) is 4.83. The molecule has 1 N–H and O–H groups in total. The number of carbonyl (C=O) groups excluding carboxylic acids is 2. The molecule has 5 heteroatoms.